The highest BCUT2D eigenvalue weighted by atomic mass is 32.2. The normalized spacial score (nSPS) is 12.6. The number of rotatable bonds is 1. The summed E-state index contributed by atoms with van der Waals surface area (Å²) in [6, 6.07) is 8.79. The molecule has 0 saturated carbocycles. The maximum Gasteiger partial charge on any atom is 0.167 e. The Kier molecular flexibility index (Phi) is 3.03. The van der Waals surface area contributed by atoms with Crippen molar-refractivity contribution < 1.29 is 13.5 Å². The summed E-state index contributed by atoms with van der Waals surface area (Å²) in [5.41, 5.74) is 0.965. The van der Waals surface area contributed by atoms with Crippen LogP contribution in [0.5, 0.6) is 5.75 Å². The monoisotopic (exact) mass is 276 g/mol. The van der Waals surface area contributed by atoms with Gasteiger partial charge in [0, 0.05) is 21.4 Å². The highest BCUT2D eigenvalue weighted by Crippen LogP contribution is 2.26. The second-order valence-electron chi connectivity index (χ2n) is 4.12. The van der Waals surface area contributed by atoms with Crippen molar-refractivity contribution in [1.29, 1.82) is 0 Å². The Bertz CT molecular complexity index is 768. The molecule has 19 heavy (non-hydrogen) atoms. The summed E-state index contributed by atoms with van der Waals surface area (Å²) in [6.45, 7) is 0. The second-order valence-corrected chi connectivity index (χ2v) is 5.03. The van der Waals surface area contributed by atoms with E-state index >= 15 is 0 Å². The van der Waals surface area contributed by atoms with Crippen LogP contribution in [-0.2, 0) is 0 Å². The lowest BCUT2D eigenvalue weighted by Gasteiger charge is -2.03. The molecule has 96 valence electrons. The average Bonchev–Trinajstić information content (AvgIpc) is 2.62. The summed E-state index contributed by atoms with van der Waals surface area (Å²) in [4.78, 5) is 1.00. The highest BCUT2D eigenvalue weighted by Gasteiger charge is 2.13. The molecule has 2 aromatic rings. The zero-order chi connectivity index (χ0) is 13.4. The summed E-state index contributed by atoms with van der Waals surface area (Å²) < 4.78 is 32.6. The molecular weight excluding hydrogens is 266 g/mol. The summed E-state index contributed by atoms with van der Waals surface area (Å²) in [5.74, 6) is -1.40. The molecule has 1 aliphatic heterocycles. The quantitative estimate of drug-likeness (QED) is 0.792. The number of halogens is 2. The van der Waals surface area contributed by atoms with E-state index in [-0.39, 0.29) is 5.22 Å². The summed E-state index contributed by atoms with van der Waals surface area (Å²) in [5, 5.41) is 2.43. The predicted molar refractivity (Wildman–Crippen MR) is 72.5 cm³/mol. The van der Waals surface area contributed by atoms with Crippen molar-refractivity contribution in [3.8, 4) is 5.75 Å². The van der Waals surface area contributed by atoms with Crippen LogP contribution in [-0.4, -0.2) is 7.11 Å². The van der Waals surface area contributed by atoms with Gasteiger partial charge in [-0.3, -0.25) is 0 Å². The summed E-state index contributed by atoms with van der Waals surface area (Å²) >= 11 is 1.38. The number of benzene rings is 2. The first-order valence-corrected chi connectivity index (χ1v) is 6.58. The minimum atomic E-state index is -0.896. The van der Waals surface area contributed by atoms with E-state index in [0.29, 0.717) is 11.0 Å². The topological polar surface area (TPSA) is 9.23 Å². The summed E-state index contributed by atoms with van der Waals surface area (Å²) in [7, 11) is 1.45. The lowest BCUT2D eigenvalue weighted by atomic mass is 10.1. The van der Waals surface area contributed by atoms with E-state index in [1.54, 1.807) is 5.41 Å². The molecule has 0 fully saturated rings. The Hall–Kier alpha value is -1.81. The Morgan fingerprint density at radius 3 is 2.68 bits per heavy atom. The third-order valence-electron chi connectivity index (χ3n) is 3.00. The zero-order valence-corrected chi connectivity index (χ0v) is 10.9. The smallest absolute Gasteiger partial charge is 0.167 e. The lowest BCUT2D eigenvalue weighted by molar-refractivity contribution is 0.401. The van der Waals surface area contributed by atoms with E-state index in [1.165, 1.54) is 18.9 Å². The molecule has 0 aromatic heterocycles. The van der Waals surface area contributed by atoms with E-state index in [1.807, 2.05) is 30.3 Å². The largest absolute Gasteiger partial charge is 0.496 e. The number of ether oxygens (including phenoxy) is 1. The molecule has 0 radical (unpaired) electrons. The highest BCUT2D eigenvalue weighted by molar-refractivity contribution is 8.06. The molecule has 0 amide bonds. The van der Waals surface area contributed by atoms with Crippen LogP contribution < -0.4 is 15.2 Å². The predicted octanol–water partition coefficient (Wildman–Crippen LogP) is 2.65. The minimum absolute atomic E-state index is 0.234. The number of methoxy groups -OCH3 is 1. The fourth-order valence-electron chi connectivity index (χ4n) is 2.05. The van der Waals surface area contributed by atoms with Gasteiger partial charge in [-0.05, 0) is 23.1 Å². The van der Waals surface area contributed by atoms with E-state index in [9.17, 15) is 8.78 Å². The Morgan fingerprint density at radius 1 is 1.11 bits per heavy atom. The molecular formula is C15H10F2OS. The molecule has 1 aliphatic rings. The molecule has 2 aromatic carbocycles. The number of hydrogen-bond acceptors (Lipinski definition) is 2. The van der Waals surface area contributed by atoms with Gasteiger partial charge in [-0.2, -0.15) is 0 Å². The van der Waals surface area contributed by atoms with Gasteiger partial charge in [0.2, 0.25) is 0 Å². The molecule has 1 heterocycles. The van der Waals surface area contributed by atoms with Crippen molar-refractivity contribution in [1.82, 2.24) is 0 Å². The van der Waals surface area contributed by atoms with Gasteiger partial charge in [0.15, 0.2) is 11.6 Å². The van der Waals surface area contributed by atoms with Crippen molar-refractivity contribution in [2.75, 3.05) is 7.11 Å². The maximum absolute atomic E-state index is 13.9. The molecule has 0 saturated heterocycles. The molecule has 1 nitrogen and oxygen atoms in total. The number of fused-ring (bicyclic) bond motifs is 2. The van der Waals surface area contributed by atoms with Crippen LogP contribution in [0.2, 0.25) is 0 Å². The van der Waals surface area contributed by atoms with Gasteiger partial charge in [0.25, 0.3) is 0 Å². The van der Waals surface area contributed by atoms with E-state index < -0.39 is 11.6 Å². The molecule has 0 N–H and O–H groups in total. The van der Waals surface area contributed by atoms with E-state index in [2.05, 4.69) is 0 Å². The minimum Gasteiger partial charge on any atom is -0.496 e. The zero-order valence-electron chi connectivity index (χ0n) is 10.1. The maximum atomic E-state index is 13.9. The third kappa shape index (κ3) is 2.02. The molecule has 0 bridgehead atoms. The van der Waals surface area contributed by atoms with Crippen molar-refractivity contribution >= 4 is 23.2 Å². The second kappa shape index (κ2) is 4.70. The SMILES string of the molecule is COc1cc(F)c(F)c2c1=Cc1ccccc1SC=2. The van der Waals surface area contributed by atoms with Gasteiger partial charge in [0.05, 0.1) is 7.11 Å². The van der Waals surface area contributed by atoms with Crippen molar-refractivity contribution in [3.63, 3.8) is 0 Å². The van der Waals surface area contributed by atoms with Crippen LogP contribution >= 0.6 is 11.8 Å². The Labute approximate surface area is 113 Å². The first-order chi connectivity index (χ1) is 9.20. The Morgan fingerprint density at radius 2 is 1.89 bits per heavy atom. The molecule has 0 atom stereocenters. The van der Waals surface area contributed by atoms with Crippen LogP contribution in [0.1, 0.15) is 5.56 Å². The Balaban J connectivity index is 2.43. The van der Waals surface area contributed by atoms with Gasteiger partial charge in [-0.15, -0.1) is 0 Å². The van der Waals surface area contributed by atoms with Crippen molar-refractivity contribution in [2.24, 2.45) is 0 Å². The molecule has 0 unspecified atom stereocenters. The van der Waals surface area contributed by atoms with Gasteiger partial charge >= 0.3 is 0 Å². The molecule has 0 aliphatic carbocycles. The molecule has 3 rings (SSSR count). The molecule has 0 spiro atoms. The van der Waals surface area contributed by atoms with Crippen molar-refractivity contribution in [2.45, 2.75) is 4.90 Å². The fourth-order valence-corrected chi connectivity index (χ4v) is 2.95. The van der Waals surface area contributed by atoms with Crippen LogP contribution in [0.25, 0.3) is 11.5 Å². The van der Waals surface area contributed by atoms with Crippen molar-refractivity contribution in [3.05, 3.63) is 58.0 Å². The summed E-state index contributed by atoms with van der Waals surface area (Å²) in [6.07, 6.45) is 1.82. The van der Waals surface area contributed by atoms with E-state index in [0.717, 1.165) is 16.5 Å². The average molecular weight is 276 g/mol. The first-order valence-electron chi connectivity index (χ1n) is 5.70. The van der Waals surface area contributed by atoms with Crippen LogP contribution in [0.15, 0.2) is 35.2 Å². The van der Waals surface area contributed by atoms with Gasteiger partial charge in [0.1, 0.15) is 5.75 Å². The molecule has 4 heteroatoms. The number of thioether (sulfide) groups is 1. The van der Waals surface area contributed by atoms with E-state index in [4.69, 9.17) is 4.74 Å². The standard InChI is InChI=1S/C15H10F2OS/c1-18-13-7-12(16)15(17)11-8-19-14-5-3-2-4-9(14)6-10(11)13/h2-8H,1H3. The van der Waals surface area contributed by atoms with Gasteiger partial charge in [-0.1, -0.05) is 30.0 Å². The lowest BCUT2D eigenvalue weighted by Crippen LogP contribution is -2.30. The fraction of sp³-hybridized carbons (Fsp3) is 0.0667. The van der Waals surface area contributed by atoms with Gasteiger partial charge < -0.3 is 4.74 Å². The van der Waals surface area contributed by atoms with Gasteiger partial charge in [-0.25, -0.2) is 8.78 Å². The van der Waals surface area contributed by atoms with Crippen LogP contribution in [0.4, 0.5) is 8.78 Å². The number of hydrogen-bond donors (Lipinski definition) is 0. The van der Waals surface area contributed by atoms with Crippen LogP contribution in [0, 0.1) is 11.6 Å². The van der Waals surface area contributed by atoms with Crippen LogP contribution in [0.3, 0.4) is 0 Å². The first kappa shape index (κ1) is 12.2. The third-order valence-corrected chi connectivity index (χ3v) is 3.98.